The smallest absolute Gasteiger partial charge is 0.210 e. The van der Waals surface area contributed by atoms with Gasteiger partial charge in [0.05, 0.1) is 0 Å². The summed E-state index contributed by atoms with van der Waals surface area (Å²) < 4.78 is 3.37. The molecule has 3 heteroatoms. The van der Waals surface area contributed by atoms with Gasteiger partial charge < -0.3 is 0 Å². The first kappa shape index (κ1) is 8.73. The summed E-state index contributed by atoms with van der Waals surface area (Å²) in [5, 5.41) is 0. The molecule has 0 radical (unpaired) electrons. The first-order chi connectivity index (χ1) is 4.06. The van der Waals surface area contributed by atoms with E-state index < -0.39 is 0 Å². The van der Waals surface area contributed by atoms with Crippen LogP contribution in [0.25, 0.3) is 0 Å². The van der Waals surface area contributed by atoms with Crippen molar-refractivity contribution in [3.63, 3.8) is 0 Å². The van der Waals surface area contributed by atoms with Crippen LogP contribution in [-0.4, -0.2) is 11.8 Å². The molecule has 0 spiro atoms. The maximum atomic E-state index is 9.58. The third-order valence-electron chi connectivity index (χ3n) is 0.599. The molecule has 2 nitrogen and oxygen atoms in total. The summed E-state index contributed by atoms with van der Waals surface area (Å²) in [5.74, 6) is 0.863. The Bertz CT molecular complexity index is 122. The fourth-order valence-corrected chi connectivity index (χ4v) is 0.757. The number of hydrogen-bond donors (Lipinski definition) is 0. The van der Waals surface area contributed by atoms with Crippen LogP contribution in [0.2, 0.25) is 0 Å². The van der Waals surface area contributed by atoms with Crippen LogP contribution < -0.4 is 0 Å². The molecule has 9 heavy (non-hydrogen) atoms. The monoisotopic (exact) mass is 145 g/mol. The topological polar surface area (TPSA) is 29.4 Å². The van der Waals surface area contributed by atoms with Crippen molar-refractivity contribution in [3.05, 3.63) is 0 Å². The van der Waals surface area contributed by atoms with Crippen molar-refractivity contribution in [3.8, 4) is 0 Å². The van der Waals surface area contributed by atoms with E-state index in [1.807, 2.05) is 0 Å². The third kappa shape index (κ3) is 7.73. The average molecular weight is 145 g/mol. The van der Waals surface area contributed by atoms with Gasteiger partial charge in [0.2, 0.25) is 6.08 Å². The van der Waals surface area contributed by atoms with Gasteiger partial charge in [0.1, 0.15) is 0 Å². The number of carbonyl (C=O) groups excluding carboxylic acids is 1. The van der Waals surface area contributed by atoms with Gasteiger partial charge in [-0.05, 0) is 17.4 Å². The zero-order chi connectivity index (χ0) is 7.33. The highest BCUT2D eigenvalue weighted by atomic mass is 32.2. The summed E-state index contributed by atoms with van der Waals surface area (Å²) in [5.41, 5.74) is 0.241. The summed E-state index contributed by atoms with van der Waals surface area (Å²) in [6.45, 7) is 6.29. The Balaban J connectivity index is 3.39. The summed E-state index contributed by atoms with van der Waals surface area (Å²) in [6.07, 6.45) is 1.48. The maximum absolute atomic E-state index is 9.58. The van der Waals surface area contributed by atoms with Gasteiger partial charge in [0.15, 0.2) is 0 Å². The molecule has 0 unspecified atom stereocenters. The van der Waals surface area contributed by atoms with Crippen molar-refractivity contribution < 1.29 is 4.79 Å². The molecule has 0 aliphatic rings. The van der Waals surface area contributed by atoms with Crippen molar-refractivity contribution in [2.24, 2.45) is 9.81 Å². The highest BCUT2D eigenvalue weighted by Gasteiger charge is 2.08. The first-order valence-corrected chi connectivity index (χ1v) is 3.70. The Morgan fingerprint density at radius 2 is 2.11 bits per heavy atom. The molecule has 0 atom stereocenters. The molecule has 0 rings (SSSR count). The fraction of sp³-hybridized carbons (Fsp3) is 0.833. The van der Waals surface area contributed by atoms with E-state index in [4.69, 9.17) is 0 Å². The van der Waals surface area contributed by atoms with Crippen LogP contribution in [0.4, 0.5) is 0 Å². The van der Waals surface area contributed by atoms with Gasteiger partial charge in [-0.25, -0.2) is 4.79 Å². The molecule has 0 amide bonds. The first-order valence-electron chi connectivity index (χ1n) is 2.75. The lowest BCUT2D eigenvalue weighted by Gasteiger charge is -2.13. The number of rotatable bonds is 2. The van der Waals surface area contributed by atoms with Gasteiger partial charge in [0.25, 0.3) is 0 Å². The van der Waals surface area contributed by atoms with E-state index in [1.54, 1.807) is 0 Å². The Morgan fingerprint density at radius 3 is 2.44 bits per heavy atom. The number of hydrogen-bond acceptors (Lipinski definition) is 3. The van der Waals surface area contributed by atoms with Crippen LogP contribution in [0.1, 0.15) is 20.8 Å². The Labute approximate surface area is 59.9 Å². The van der Waals surface area contributed by atoms with E-state index in [0.717, 1.165) is 5.75 Å². The molecule has 0 aromatic rings. The number of nitrogens with zero attached hydrogens (tertiary/aromatic N) is 1. The van der Waals surface area contributed by atoms with E-state index in [1.165, 1.54) is 18.0 Å². The predicted octanol–water partition coefficient (Wildman–Crippen LogP) is 2.02. The van der Waals surface area contributed by atoms with Crippen molar-refractivity contribution >= 4 is 18.0 Å². The fourth-order valence-electron chi connectivity index (χ4n) is 0.252. The molecule has 0 fully saturated rings. The summed E-state index contributed by atoms with van der Waals surface area (Å²) >= 11 is 1.26. The molecule has 0 saturated carbocycles. The van der Waals surface area contributed by atoms with Crippen molar-refractivity contribution in [2.75, 3.05) is 5.75 Å². The van der Waals surface area contributed by atoms with Gasteiger partial charge in [-0.15, -0.1) is 4.40 Å². The summed E-state index contributed by atoms with van der Waals surface area (Å²) in [7, 11) is 0. The van der Waals surface area contributed by atoms with Crippen molar-refractivity contribution in [1.82, 2.24) is 0 Å². The van der Waals surface area contributed by atoms with Crippen LogP contribution >= 0.6 is 11.9 Å². The normalized spacial score (nSPS) is 10.6. The van der Waals surface area contributed by atoms with Crippen LogP contribution in [0.3, 0.4) is 0 Å². The molecule has 0 aromatic heterocycles. The zero-order valence-electron chi connectivity index (χ0n) is 5.97. The zero-order valence-corrected chi connectivity index (χ0v) is 6.79. The van der Waals surface area contributed by atoms with E-state index in [2.05, 4.69) is 25.2 Å². The van der Waals surface area contributed by atoms with Crippen molar-refractivity contribution in [2.45, 2.75) is 20.8 Å². The molecular formula is C6H11NOS. The number of isocyanates is 1. The van der Waals surface area contributed by atoms with E-state index >= 15 is 0 Å². The molecule has 0 aromatic carbocycles. The average Bonchev–Trinajstić information content (AvgIpc) is 1.63. The minimum atomic E-state index is 0.241. The molecule has 0 aliphatic carbocycles. The summed E-state index contributed by atoms with van der Waals surface area (Å²) in [6, 6.07) is 0. The van der Waals surface area contributed by atoms with Crippen molar-refractivity contribution in [1.29, 1.82) is 0 Å². The Hall–Kier alpha value is -0.270. The van der Waals surface area contributed by atoms with E-state index in [-0.39, 0.29) is 5.41 Å². The van der Waals surface area contributed by atoms with Gasteiger partial charge in [-0.2, -0.15) is 0 Å². The second kappa shape index (κ2) is 3.70. The van der Waals surface area contributed by atoms with Crippen LogP contribution in [-0.2, 0) is 4.79 Å². The molecule has 52 valence electrons. The Kier molecular flexibility index (Phi) is 3.59. The SMILES string of the molecule is CC(C)(C)CSN=C=O. The lowest BCUT2D eigenvalue weighted by atomic mass is 10.0. The van der Waals surface area contributed by atoms with Crippen LogP contribution in [0, 0.1) is 5.41 Å². The third-order valence-corrected chi connectivity index (χ3v) is 1.80. The van der Waals surface area contributed by atoms with Crippen LogP contribution in [0.5, 0.6) is 0 Å². The summed E-state index contributed by atoms with van der Waals surface area (Å²) in [4.78, 5) is 9.58. The van der Waals surface area contributed by atoms with E-state index in [9.17, 15) is 4.79 Å². The minimum Gasteiger partial charge on any atom is -0.210 e. The highest BCUT2D eigenvalue weighted by Crippen LogP contribution is 2.20. The molecule has 0 saturated heterocycles. The maximum Gasteiger partial charge on any atom is 0.247 e. The lowest BCUT2D eigenvalue weighted by molar-refractivity contribution is 0.481. The van der Waals surface area contributed by atoms with Gasteiger partial charge in [-0.1, -0.05) is 20.8 Å². The lowest BCUT2D eigenvalue weighted by Crippen LogP contribution is -2.07. The predicted molar refractivity (Wildman–Crippen MR) is 40.0 cm³/mol. The van der Waals surface area contributed by atoms with Gasteiger partial charge >= 0.3 is 0 Å². The van der Waals surface area contributed by atoms with Crippen LogP contribution in [0.15, 0.2) is 4.40 Å². The molecule has 0 bridgehead atoms. The largest absolute Gasteiger partial charge is 0.247 e. The Morgan fingerprint density at radius 1 is 1.56 bits per heavy atom. The quantitative estimate of drug-likeness (QED) is 0.338. The van der Waals surface area contributed by atoms with E-state index in [0.29, 0.717) is 0 Å². The molecule has 0 N–H and O–H groups in total. The second-order valence-electron chi connectivity index (χ2n) is 3.02. The minimum absolute atomic E-state index is 0.241. The van der Waals surface area contributed by atoms with Gasteiger partial charge in [0, 0.05) is 5.75 Å². The molecule has 0 heterocycles. The molecule has 0 aliphatic heterocycles. The highest BCUT2D eigenvalue weighted by molar-refractivity contribution is 7.98. The molecular weight excluding hydrogens is 134 g/mol. The second-order valence-corrected chi connectivity index (χ2v) is 3.75. The van der Waals surface area contributed by atoms with Gasteiger partial charge in [-0.3, -0.25) is 0 Å². The standard InChI is InChI=1S/C6H11NOS/c1-6(2,3)4-9-7-5-8/h4H2,1-3H3.